The van der Waals surface area contributed by atoms with Crippen LogP contribution in [0.4, 0.5) is 4.39 Å². The van der Waals surface area contributed by atoms with Crippen molar-refractivity contribution in [3.05, 3.63) is 71.5 Å². The van der Waals surface area contributed by atoms with Gasteiger partial charge >= 0.3 is 0 Å². The topological polar surface area (TPSA) is 46.1 Å². The average Bonchev–Trinajstić information content (AvgIpc) is 3.29. The molecule has 2 saturated heterocycles. The Labute approximate surface area is 213 Å². The Balaban J connectivity index is 0.00000306. The first kappa shape index (κ1) is 25.9. The number of guanidine groups is 1. The minimum atomic E-state index is -0.185. The molecule has 0 amide bonds. The lowest BCUT2D eigenvalue weighted by Crippen LogP contribution is -2.49. The second kappa shape index (κ2) is 12.7. The van der Waals surface area contributed by atoms with Crippen LogP contribution in [0, 0.1) is 11.7 Å². The van der Waals surface area contributed by atoms with Gasteiger partial charge in [-0.1, -0.05) is 42.5 Å². The molecular formula is C26H35FIN3O2. The summed E-state index contributed by atoms with van der Waals surface area (Å²) in [6.07, 6.45) is 2.84. The van der Waals surface area contributed by atoms with Gasteiger partial charge in [0.1, 0.15) is 5.82 Å². The highest BCUT2D eigenvalue weighted by Gasteiger charge is 2.35. The zero-order valence-electron chi connectivity index (χ0n) is 19.3. The van der Waals surface area contributed by atoms with Gasteiger partial charge in [0.05, 0.1) is 13.2 Å². The Morgan fingerprint density at radius 1 is 1.18 bits per heavy atom. The first-order valence-electron chi connectivity index (χ1n) is 11.6. The molecule has 0 aliphatic carbocycles. The molecule has 2 aliphatic heterocycles. The van der Waals surface area contributed by atoms with E-state index in [9.17, 15) is 4.39 Å². The Kier molecular flexibility index (Phi) is 9.94. The van der Waals surface area contributed by atoms with Gasteiger partial charge in [-0.05, 0) is 42.5 Å². The van der Waals surface area contributed by atoms with Crippen LogP contribution in [0.1, 0.15) is 30.4 Å². The number of hydrogen-bond donors (Lipinski definition) is 1. The van der Waals surface area contributed by atoms with Crippen molar-refractivity contribution >= 4 is 29.9 Å². The molecule has 0 aromatic heterocycles. The number of hydrogen-bond acceptors (Lipinski definition) is 3. The maximum absolute atomic E-state index is 14.0. The molecule has 2 aromatic carbocycles. The molecule has 2 heterocycles. The van der Waals surface area contributed by atoms with Crippen molar-refractivity contribution in [1.82, 2.24) is 10.2 Å². The normalized spacial score (nSPS) is 20.4. The smallest absolute Gasteiger partial charge is 0.193 e. The fraction of sp³-hybridized carbons (Fsp3) is 0.500. The summed E-state index contributed by atoms with van der Waals surface area (Å²) in [4.78, 5) is 6.86. The van der Waals surface area contributed by atoms with Crippen molar-refractivity contribution in [1.29, 1.82) is 0 Å². The summed E-state index contributed by atoms with van der Waals surface area (Å²) in [6, 6.07) is 17.3. The van der Waals surface area contributed by atoms with Gasteiger partial charge < -0.3 is 19.7 Å². The van der Waals surface area contributed by atoms with Gasteiger partial charge in [-0.15, -0.1) is 24.0 Å². The number of ether oxygens (including phenoxy) is 2. The molecule has 0 spiro atoms. The molecule has 5 nitrogen and oxygen atoms in total. The van der Waals surface area contributed by atoms with Crippen LogP contribution in [0.15, 0.2) is 59.6 Å². The molecular weight excluding hydrogens is 532 g/mol. The predicted molar refractivity (Wildman–Crippen MR) is 141 cm³/mol. The van der Waals surface area contributed by atoms with Crippen LogP contribution in [-0.2, 0) is 21.5 Å². The molecule has 2 aliphatic rings. The molecule has 1 N–H and O–H groups in total. The summed E-state index contributed by atoms with van der Waals surface area (Å²) in [5, 5.41) is 3.60. The molecule has 1 atom stereocenters. The van der Waals surface area contributed by atoms with Crippen molar-refractivity contribution in [3.63, 3.8) is 0 Å². The maximum Gasteiger partial charge on any atom is 0.193 e. The zero-order valence-corrected chi connectivity index (χ0v) is 21.7. The summed E-state index contributed by atoms with van der Waals surface area (Å²) < 4.78 is 25.5. The van der Waals surface area contributed by atoms with Gasteiger partial charge in [-0.25, -0.2) is 4.39 Å². The number of likely N-dealkylation sites (tertiary alicyclic amines) is 1. The molecule has 2 fully saturated rings. The van der Waals surface area contributed by atoms with Crippen molar-refractivity contribution < 1.29 is 13.9 Å². The van der Waals surface area contributed by atoms with E-state index in [2.05, 4.69) is 27.3 Å². The van der Waals surface area contributed by atoms with E-state index < -0.39 is 0 Å². The first-order valence-corrected chi connectivity index (χ1v) is 11.6. The standard InChI is InChI=1S/C26H34FN3O2.HI/c1-28-25(30-13-10-22(17-30)19-32-18-21-6-3-2-4-7-21)29-20-26(11-14-31-15-12-26)23-8-5-9-24(27)16-23;/h2-9,16,22H,10-15,17-20H2,1H3,(H,28,29);1H. The van der Waals surface area contributed by atoms with Gasteiger partial charge in [-0.3, -0.25) is 4.99 Å². The molecule has 180 valence electrons. The monoisotopic (exact) mass is 567 g/mol. The lowest BCUT2D eigenvalue weighted by atomic mass is 9.74. The van der Waals surface area contributed by atoms with Crippen LogP contribution < -0.4 is 5.32 Å². The molecule has 2 aromatic rings. The van der Waals surface area contributed by atoms with E-state index >= 15 is 0 Å². The van der Waals surface area contributed by atoms with E-state index in [0.717, 1.165) is 57.0 Å². The largest absolute Gasteiger partial charge is 0.381 e. The van der Waals surface area contributed by atoms with E-state index in [1.807, 2.05) is 31.3 Å². The number of rotatable bonds is 7. The van der Waals surface area contributed by atoms with E-state index in [-0.39, 0.29) is 35.2 Å². The highest BCUT2D eigenvalue weighted by Crippen LogP contribution is 2.34. The minimum absolute atomic E-state index is 0. The fourth-order valence-electron chi connectivity index (χ4n) is 4.81. The summed E-state index contributed by atoms with van der Waals surface area (Å²) >= 11 is 0. The first-order chi connectivity index (χ1) is 15.7. The van der Waals surface area contributed by atoms with Gasteiger partial charge in [0.25, 0.3) is 0 Å². The third-order valence-corrected chi connectivity index (χ3v) is 6.73. The van der Waals surface area contributed by atoms with Crippen LogP contribution >= 0.6 is 24.0 Å². The summed E-state index contributed by atoms with van der Waals surface area (Å²) in [5.41, 5.74) is 2.10. The van der Waals surface area contributed by atoms with Crippen LogP contribution in [0.25, 0.3) is 0 Å². The van der Waals surface area contributed by atoms with Crippen LogP contribution in [0.3, 0.4) is 0 Å². The van der Waals surface area contributed by atoms with Crippen molar-refractivity contribution in [2.75, 3.05) is 46.5 Å². The Hall–Kier alpha value is -1.71. The number of nitrogens with one attached hydrogen (secondary N) is 1. The van der Waals surface area contributed by atoms with Crippen LogP contribution in [0.5, 0.6) is 0 Å². The average molecular weight is 567 g/mol. The highest BCUT2D eigenvalue weighted by atomic mass is 127. The zero-order chi connectivity index (χ0) is 22.2. The molecule has 4 rings (SSSR count). The number of nitrogens with zero attached hydrogens (tertiary/aromatic N) is 2. The van der Waals surface area contributed by atoms with E-state index in [1.165, 1.54) is 11.6 Å². The quantitative estimate of drug-likeness (QED) is 0.302. The minimum Gasteiger partial charge on any atom is -0.381 e. The van der Waals surface area contributed by atoms with Crippen molar-refractivity contribution in [2.24, 2.45) is 10.9 Å². The lowest BCUT2D eigenvalue weighted by Gasteiger charge is -2.39. The number of benzene rings is 2. The highest BCUT2D eigenvalue weighted by molar-refractivity contribution is 14.0. The third-order valence-electron chi connectivity index (χ3n) is 6.73. The summed E-state index contributed by atoms with van der Waals surface area (Å²) in [5.74, 6) is 1.23. The van der Waals surface area contributed by atoms with Gasteiger partial charge in [-0.2, -0.15) is 0 Å². The fourth-order valence-corrected chi connectivity index (χ4v) is 4.81. The molecule has 1 unspecified atom stereocenters. The molecule has 0 radical (unpaired) electrons. The third kappa shape index (κ3) is 6.90. The Bertz CT molecular complexity index is 890. The number of aliphatic imine (C=N–C) groups is 1. The van der Waals surface area contributed by atoms with E-state index in [1.54, 1.807) is 12.1 Å². The van der Waals surface area contributed by atoms with Gasteiger partial charge in [0, 0.05) is 51.2 Å². The Morgan fingerprint density at radius 2 is 1.97 bits per heavy atom. The second-order valence-electron chi connectivity index (χ2n) is 8.91. The molecule has 7 heteroatoms. The second-order valence-corrected chi connectivity index (χ2v) is 8.91. The lowest BCUT2D eigenvalue weighted by molar-refractivity contribution is 0.0510. The van der Waals surface area contributed by atoms with Crippen LogP contribution in [-0.4, -0.2) is 57.4 Å². The maximum atomic E-state index is 14.0. The SMILES string of the molecule is CN=C(NCC1(c2cccc(F)c2)CCOCC1)N1CCC(COCc2ccccc2)C1.I. The molecule has 33 heavy (non-hydrogen) atoms. The van der Waals surface area contributed by atoms with Crippen LogP contribution in [0.2, 0.25) is 0 Å². The van der Waals surface area contributed by atoms with Crippen molar-refractivity contribution in [3.8, 4) is 0 Å². The van der Waals surface area contributed by atoms with E-state index in [0.29, 0.717) is 25.7 Å². The van der Waals surface area contributed by atoms with E-state index in [4.69, 9.17) is 9.47 Å². The predicted octanol–water partition coefficient (Wildman–Crippen LogP) is 4.61. The summed E-state index contributed by atoms with van der Waals surface area (Å²) in [7, 11) is 1.83. The van der Waals surface area contributed by atoms with Gasteiger partial charge in [0.15, 0.2) is 5.96 Å². The Morgan fingerprint density at radius 3 is 2.70 bits per heavy atom. The van der Waals surface area contributed by atoms with Crippen molar-refractivity contribution in [2.45, 2.75) is 31.3 Å². The molecule has 0 bridgehead atoms. The van der Waals surface area contributed by atoms with Gasteiger partial charge in [0.2, 0.25) is 0 Å². The summed E-state index contributed by atoms with van der Waals surface area (Å²) in [6.45, 7) is 5.43. The molecule has 0 saturated carbocycles. The number of halogens is 2.